The molecule has 0 aliphatic carbocycles. The van der Waals surface area contributed by atoms with E-state index in [0.717, 1.165) is 37.3 Å². The van der Waals surface area contributed by atoms with E-state index >= 15 is 0 Å². The maximum Gasteiger partial charge on any atom is 0.256 e. The summed E-state index contributed by atoms with van der Waals surface area (Å²) >= 11 is 0. The third-order valence-electron chi connectivity index (χ3n) is 4.34. The summed E-state index contributed by atoms with van der Waals surface area (Å²) in [6.07, 6.45) is 1.14. The number of anilines is 2. The standard InChI is InChI=1S/C19H23N3O/c1-3-9-22-11-14-5-4-6-18(17(14)12-22)21-19(23)16-10-15(20)8-7-13(16)2/h4-8,10H,3,9,11-12,20H2,1-2H3,(H,21,23). The lowest BCUT2D eigenvalue weighted by atomic mass is 10.1. The number of hydrogen-bond acceptors (Lipinski definition) is 3. The summed E-state index contributed by atoms with van der Waals surface area (Å²) in [5, 5.41) is 3.07. The van der Waals surface area contributed by atoms with Gasteiger partial charge in [-0.3, -0.25) is 9.69 Å². The molecular weight excluding hydrogens is 286 g/mol. The Morgan fingerprint density at radius 2 is 2.09 bits per heavy atom. The highest BCUT2D eigenvalue weighted by Crippen LogP contribution is 2.30. The third-order valence-corrected chi connectivity index (χ3v) is 4.34. The van der Waals surface area contributed by atoms with Crippen LogP contribution in [0.1, 0.15) is 40.4 Å². The van der Waals surface area contributed by atoms with Gasteiger partial charge in [0.2, 0.25) is 0 Å². The van der Waals surface area contributed by atoms with Gasteiger partial charge in [0.05, 0.1) is 0 Å². The van der Waals surface area contributed by atoms with Crippen LogP contribution in [0.5, 0.6) is 0 Å². The number of fused-ring (bicyclic) bond motifs is 1. The molecule has 0 bridgehead atoms. The number of rotatable bonds is 4. The fraction of sp³-hybridized carbons (Fsp3) is 0.316. The van der Waals surface area contributed by atoms with Crippen LogP contribution in [0.25, 0.3) is 0 Å². The monoisotopic (exact) mass is 309 g/mol. The molecule has 0 saturated heterocycles. The van der Waals surface area contributed by atoms with Gasteiger partial charge in [-0.25, -0.2) is 0 Å². The van der Waals surface area contributed by atoms with E-state index in [-0.39, 0.29) is 5.91 Å². The molecular formula is C19H23N3O. The third kappa shape index (κ3) is 3.22. The van der Waals surface area contributed by atoms with Crippen LogP contribution in [0.15, 0.2) is 36.4 Å². The van der Waals surface area contributed by atoms with Gasteiger partial charge in [-0.2, -0.15) is 0 Å². The lowest BCUT2D eigenvalue weighted by Crippen LogP contribution is -2.18. The average Bonchev–Trinajstić information content (AvgIpc) is 2.93. The van der Waals surface area contributed by atoms with Gasteiger partial charge in [0, 0.05) is 30.0 Å². The first kappa shape index (κ1) is 15.6. The van der Waals surface area contributed by atoms with Crippen molar-refractivity contribution in [2.24, 2.45) is 0 Å². The van der Waals surface area contributed by atoms with Gasteiger partial charge in [0.15, 0.2) is 0 Å². The summed E-state index contributed by atoms with van der Waals surface area (Å²) in [5.74, 6) is -0.0999. The molecule has 1 aliphatic rings. The van der Waals surface area contributed by atoms with Crippen LogP contribution in [0.4, 0.5) is 11.4 Å². The second-order valence-electron chi connectivity index (χ2n) is 6.18. The number of aryl methyl sites for hydroxylation is 1. The van der Waals surface area contributed by atoms with Gasteiger partial charge in [-0.1, -0.05) is 25.1 Å². The van der Waals surface area contributed by atoms with E-state index in [9.17, 15) is 4.79 Å². The smallest absolute Gasteiger partial charge is 0.256 e. The van der Waals surface area contributed by atoms with Crippen molar-refractivity contribution in [1.29, 1.82) is 0 Å². The number of nitrogens with two attached hydrogens (primary N) is 1. The van der Waals surface area contributed by atoms with Crippen molar-refractivity contribution >= 4 is 17.3 Å². The highest BCUT2D eigenvalue weighted by atomic mass is 16.1. The molecule has 1 heterocycles. The van der Waals surface area contributed by atoms with E-state index in [1.165, 1.54) is 11.1 Å². The minimum Gasteiger partial charge on any atom is -0.399 e. The van der Waals surface area contributed by atoms with Crippen molar-refractivity contribution < 1.29 is 4.79 Å². The first-order chi connectivity index (χ1) is 11.1. The number of benzene rings is 2. The van der Waals surface area contributed by atoms with Crippen molar-refractivity contribution in [3.8, 4) is 0 Å². The SMILES string of the molecule is CCCN1Cc2cccc(NC(=O)c3cc(N)ccc3C)c2C1. The predicted octanol–water partition coefficient (Wildman–Crippen LogP) is 3.56. The number of nitrogens with zero attached hydrogens (tertiary/aromatic N) is 1. The van der Waals surface area contributed by atoms with E-state index < -0.39 is 0 Å². The molecule has 23 heavy (non-hydrogen) atoms. The molecule has 1 aliphatic heterocycles. The van der Waals surface area contributed by atoms with Gasteiger partial charge in [0.1, 0.15) is 0 Å². The molecule has 2 aromatic carbocycles. The first-order valence-corrected chi connectivity index (χ1v) is 8.09. The summed E-state index contributed by atoms with van der Waals surface area (Å²) in [6.45, 7) is 7.05. The highest BCUT2D eigenvalue weighted by Gasteiger charge is 2.22. The molecule has 4 nitrogen and oxygen atoms in total. The molecule has 3 N–H and O–H groups in total. The summed E-state index contributed by atoms with van der Waals surface area (Å²) < 4.78 is 0. The topological polar surface area (TPSA) is 58.4 Å². The van der Waals surface area contributed by atoms with E-state index in [1.807, 2.05) is 31.2 Å². The molecule has 2 aromatic rings. The quantitative estimate of drug-likeness (QED) is 0.849. The highest BCUT2D eigenvalue weighted by molar-refractivity contribution is 6.06. The molecule has 0 aromatic heterocycles. The molecule has 0 spiro atoms. The Hall–Kier alpha value is -2.33. The second kappa shape index (κ2) is 6.42. The number of carbonyl (C=O) groups is 1. The molecule has 1 amide bonds. The fourth-order valence-electron chi connectivity index (χ4n) is 3.16. The van der Waals surface area contributed by atoms with Crippen LogP contribution >= 0.6 is 0 Å². The lowest BCUT2D eigenvalue weighted by Gasteiger charge is -2.14. The van der Waals surface area contributed by atoms with Crippen molar-refractivity contribution in [3.05, 3.63) is 58.7 Å². The van der Waals surface area contributed by atoms with Gasteiger partial charge >= 0.3 is 0 Å². The zero-order valence-electron chi connectivity index (χ0n) is 13.7. The Kier molecular flexibility index (Phi) is 4.35. The van der Waals surface area contributed by atoms with Crippen LogP contribution in [-0.4, -0.2) is 17.4 Å². The van der Waals surface area contributed by atoms with Crippen LogP contribution in [0.3, 0.4) is 0 Å². The van der Waals surface area contributed by atoms with Crippen LogP contribution in [0.2, 0.25) is 0 Å². The molecule has 0 radical (unpaired) electrons. The molecule has 120 valence electrons. The van der Waals surface area contributed by atoms with Crippen LogP contribution < -0.4 is 11.1 Å². The lowest BCUT2D eigenvalue weighted by molar-refractivity contribution is 0.102. The van der Waals surface area contributed by atoms with E-state index in [2.05, 4.69) is 23.2 Å². The Bertz CT molecular complexity index is 739. The first-order valence-electron chi connectivity index (χ1n) is 8.09. The van der Waals surface area contributed by atoms with Crippen molar-refractivity contribution in [2.45, 2.75) is 33.4 Å². The Morgan fingerprint density at radius 3 is 2.87 bits per heavy atom. The van der Waals surface area contributed by atoms with E-state index in [4.69, 9.17) is 5.73 Å². The molecule has 0 fully saturated rings. The van der Waals surface area contributed by atoms with E-state index in [1.54, 1.807) is 6.07 Å². The van der Waals surface area contributed by atoms with Gasteiger partial charge in [0.25, 0.3) is 5.91 Å². The molecule has 0 atom stereocenters. The largest absolute Gasteiger partial charge is 0.399 e. The second-order valence-corrected chi connectivity index (χ2v) is 6.18. The fourth-order valence-corrected chi connectivity index (χ4v) is 3.16. The Balaban J connectivity index is 1.83. The zero-order chi connectivity index (χ0) is 16.4. The Morgan fingerprint density at radius 1 is 1.26 bits per heavy atom. The minimum atomic E-state index is -0.0999. The normalized spacial score (nSPS) is 13.8. The summed E-state index contributed by atoms with van der Waals surface area (Å²) in [5.41, 5.74) is 11.4. The maximum absolute atomic E-state index is 12.6. The van der Waals surface area contributed by atoms with Crippen LogP contribution in [-0.2, 0) is 13.1 Å². The van der Waals surface area contributed by atoms with Crippen molar-refractivity contribution in [1.82, 2.24) is 4.90 Å². The number of nitrogen functional groups attached to an aromatic ring is 1. The van der Waals surface area contributed by atoms with Crippen molar-refractivity contribution in [3.63, 3.8) is 0 Å². The number of carbonyl (C=O) groups excluding carboxylic acids is 1. The van der Waals surface area contributed by atoms with E-state index in [0.29, 0.717) is 11.3 Å². The summed E-state index contributed by atoms with van der Waals surface area (Å²) in [6, 6.07) is 11.6. The minimum absolute atomic E-state index is 0.0999. The number of amides is 1. The molecule has 0 unspecified atom stereocenters. The predicted molar refractivity (Wildman–Crippen MR) is 94.4 cm³/mol. The molecule has 3 rings (SSSR count). The van der Waals surface area contributed by atoms with Gasteiger partial charge in [-0.05, 0) is 54.8 Å². The van der Waals surface area contributed by atoms with Gasteiger partial charge in [-0.15, -0.1) is 0 Å². The molecule has 4 heteroatoms. The number of hydrogen-bond donors (Lipinski definition) is 2. The summed E-state index contributed by atoms with van der Waals surface area (Å²) in [7, 11) is 0. The summed E-state index contributed by atoms with van der Waals surface area (Å²) in [4.78, 5) is 15.0. The van der Waals surface area contributed by atoms with Crippen molar-refractivity contribution in [2.75, 3.05) is 17.6 Å². The zero-order valence-corrected chi connectivity index (χ0v) is 13.7. The average molecular weight is 309 g/mol. The number of nitrogens with one attached hydrogen (secondary N) is 1. The Labute approximate surface area is 137 Å². The maximum atomic E-state index is 12.6. The van der Waals surface area contributed by atoms with Crippen LogP contribution in [0, 0.1) is 6.92 Å². The van der Waals surface area contributed by atoms with Gasteiger partial charge < -0.3 is 11.1 Å². The molecule has 0 saturated carbocycles.